The molecule has 3 heterocycles. The number of hydrogen-bond acceptors (Lipinski definition) is 5. The molecule has 0 atom stereocenters. The summed E-state index contributed by atoms with van der Waals surface area (Å²) in [6.45, 7) is 6.46. The Morgan fingerprint density at radius 1 is 1.17 bits per heavy atom. The first-order chi connectivity index (χ1) is 13.9. The first-order valence-electron chi connectivity index (χ1n) is 9.23. The lowest BCUT2D eigenvalue weighted by molar-refractivity contribution is 0.629. The number of allylic oxidation sites excluding steroid dienone is 3. The molecule has 1 aliphatic heterocycles. The molecular weight excluding hydrogens is 396 g/mol. The van der Waals surface area contributed by atoms with Gasteiger partial charge in [0.05, 0.1) is 16.5 Å². The Kier molecular flexibility index (Phi) is 5.24. The molecule has 4 rings (SSSR count). The van der Waals surface area contributed by atoms with E-state index in [0.717, 1.165) is 32.7 Å². The van der Waals surface area contributed by atoms with Crippen LogP contribution in [0.25, 0.3) is 10.5 Å². The topological polar surface area (TPSA) is 53.1 Å². The number of thioether (sulfide) groups is 1. The average Bonchev–Trinajstić information content (AvgIpc) is 3.29. The van der Waals surface area contributed by atoms with Gasteiger partial charge in [-0.15, -0.1) is 23.1 Å². The molecule has 0 saturated carbocycles. The van der Waals surface area contributed by atoms with Gasteiger partial charge >= 0.3 is 0 Å². The molecule has 1 N–H and O–H groups in total. The van der Waals surface area contributed by atoms with E-state index >= 15 is 0 Å². The molecule has 3 aromatic rings. The molecule has 1 aliphatic rings. The van der Waals surface area contributed by atoms with Crippen LogP contribution in [0.1, 0.15) is 37.6 Å². The number of hydrogen-bond donors (Lipinski definition) is 1. The van der Waals surface area contributed by atoms with Gasteiger partial charge in [-0.05, 0) is 50.6 Å². The molecule has 4 nitrogen and oxygen atoms in total. The smallest absolute Gasteiger partial charge is 0.195 e. The van der Waals surface area contributed by atoms with Gasteiger partial charge in [0.15, 0.2) is 4.96 Å². The van der Waals surface area contributed by atoms with E-state index in [1.807, 2.05) is 18.2 Å². The third kappa shape index (κ3) is 4.40. The quantitative estimate of drug-likeness (QED) is 0.557. The number of rotatable bonds is 2. The minimum Gasteiger partial charge on any atom is -0.365 e. The van der Waals surface area contributed by atoms with Gasteiger partial charge in [-0.2, -0.15) is 5.26 Å². The fourth-order valence-corrected chi connectivity index (χ4v) is 4.48. The fraction of sp³-hybridized carbons (Fsp3) is 0.217. The van der Waals surface area contributed by atoms with E-state index in [2.05, 4.69) is 72.1 Å². The van der Waals surface area contributed by atoms with Crippen molar-refractivity contribution < 1.29 is 0 Å². The zero-order valence-electron chi connectivity index (χ0n) is 16.5. The largest absolute Gasteiger partial charge is 0.365 e. The van der Waals surface area contributed by atoms with Gasteiger partial charge in [0.2, 0.25) is 0 Å². The third-order valence-corrected chi connectivity index (χ3v) is 5.96. The van der Waals surface area contributed by atoms with Gasteiger partial charge < -0.3 is 5.32 Å². The highest BCUT2D eigenvalue weighted by atomic mass is 32.2. The van der Waals surface area contributed by atoms with Crippen molar-refractivity contribution in [1.29, 1.82) is 5.26 Å². The van der Waals surface area contributed by atoms with Crippen LogP contribution in [0, 0.1) is 23.2 Å². The van der Waals surface area contributed by atoms with Crippen molar-refractivity contribution in [2.45, 2.75) is 26.3 Å². The highest BCUT2D eigenvalue weighted by Gasteiger charge is 2.22. The number of nitrogens with one attached hydrogen (secondary N) is 1. The Morgan fingerprint density at radius 2 is 2.00 bits per heavy atom. The molecule has 144 valence electrons. The second-order valence-electron chi connectivity index (χ2n) is 7.69. The zero-order valence-corrected chi connectivity index (χ0v) is 18.1. The van der Waals surface area contributed by atoms with Gasteiger partial charge in [-0.25, -0.2) is 4.98 Å². The number of benzene rings is 1. The summed E-state index contributed by atoms with van der Waals surface area (Å²) < 4.78 is 2.12. The summed E-state index contributed by atoms with van der Waals surface area (Å²) in [5.41, 5.74) is 3.62. The van der Waals surface area contributed by atoms with Crippen LogP contribution in [0.2, 0.25) is 0 Å². The Morgan fingerprint density at radius 3 is 2.72 bits per heavy atom. The normalized spacial score (nSPS) is 13.9. The van der Waals surface area contributed by atoms with Crippen molar-refractivity contribution >= 4 is 39.5 Å². The molecule has 0 spiro atoms. The van der Waals surface area contributed by atoms with Crippen LogP contribution in [0.5, 0.6) is 0 Å². The van der Waals surface area contributed by atoms with Crippen molar-refractivity contribution in [3.05, 3.63) is 69.7 Å². The predicted octanol–water partition coefficient (Wildman–Crippen LogP) is 5.54. The molecule has 6 heteroatoms. The molecule has 0 saturated heterocycles. The SMILES string of the molecule is CC(C)(C)Nc1c(C2=CC=C(C#Cc3cccc(C#N)c3)SC2)nc2sccn12. The minimum absolute atomic E-state index is 0.0561. The summed E-state index contributed by atoms with van der Waals surface area (Å²) in [5, 5.41) is 14.7. The van der Waals surface area contributed by atoms with E-state index in [1.54, 1.807) is 29.2 Å². The van der Waals surface area contributed by atoms with E-state index < -0.39 is 0 Å². The summed E-state index contributed by atoms with van der Waals surface area (Å²) in [7, 11) is 0. The Labute approximate surface area is 179 Å². The maximum absolute atomic E-state index is 9.01. The molecule has 2 aromatic heterocycles. The lowest BCUT2D eigenvalue weighted by atomic mass is 10.1. The Balaban J connectivity index is 1.62. The molecule has 0 radical (unpaired) electrons. The zero-order chi connectivity index (χ0) is 20.4. The van der Waals surface area contributed by atoms with E-state index in [9.17, 15) is 0 Å². The number of anilines is 1. The second-order valence-corrected chi connectivity index (χ2v) is 9.58. The molecule has 0 fully saturated rings. The standard InChI is InChI=1S/C23H20N4S2/c1-23(2,3)26-21-20(25-22-27(21)11-12-28-22)18-8-10-19(29-15-18)9-7-16-5-4-6-17(13-16)14-24/h4-6,8,10-13,26H,15H2,1-3H3. The van der Waals surface area contributed by atoms with Crippen LogP contribution in [0.4, 0.5) is 5.82 Å². The first-order valence-corrected chi connectivity index (χ1v) is 11.1. The first kappa shape index (κ1) is 19.4. The van der Waals surface area contributed by atoms with Crippen molar-refractivity contribution in [1.82, 2.24) is 9.38 Å². The van der Waals surface area contributed by atoms with Crippen LogP contribution in [-0.2, 0) is 0 Å². The molecule has 0 unspecified atom stereocenters. The van der Waals surface area contributed by atoms with Crippen LogP contribution in [0.3, 0.4) is 0 Å². The molecule has 1 aromatic carbocycles. The average molecular weight is 417 g/mol. The fourth-order valence-electron chi connectivity index (χ4n) is 2.94. The van der Waals surface area contributed by atoms with Gasteiger partial charge in [0.25, 0.3) is 0 Å². The maximum atomic E-state index is 9.01. The van der Waals surface area contributed by atoms with Crippen LogP contribution < -0.4 is 5.32 Å². The van der Waals surface area contributed by atoms with Gasteiger partial charge in [-0.3, -0.25) is 4.40 Å². The van der Waals surface area contributed by atoms with E-state index in [-0.39, 0.29) is 5.54 Å². The highest BCUT2D eigenvalue weighted by Crippen LogP contribution is 2.35. The van der Waals surface area contributed by atoms with Crippen LogP contribution in [0.15, 0.2) is 52.9 Å². The lowest BCUT2D eigenvalue weighted by Gasteiger charge is -2.23. The summed E-state index contributed by atoms with van der Waals surface area (Å²) in [5.74, 6) is 8.23. The van der Waals surface area contributed by atoms with Gasteiger partial charge in [-0.1, -0.05) is 24.0 Å². The minimum atomic E-state index is -0.0561. The van der Waals surface area contributed by atoms with Crippen LogP contribution in [-0.4, -0.2) is 20.7 Å². The number of imidazole rings is 1. The number of nitriles is 1. The lowest BCUT2D eigenvalue weighted by Crippen LogP contribution is -2.27. The highest BCUT2D eigenvalue weighted by molar-refractivity contribution is 8.03. The summed E-state index contributed by atoms with van der Waals surface area (Å²) >= 11 is 3.35. The number of nitrogens with zero attached hydrogens (tertiary/aromatic N) is 3. The molecule has 0 amide bonds. The maximum Gasteiger partial charge on any atom is 0.195 e. The van der Waals surface area contributed by atoms with E-state index in [0.29, 0.717) is 5.56 Å². The Bertz CT molecular complexity index is 1230. The molecular formula is C23H20N4S2. The van der Waals surface area contributed by atoms with E-state index in [1.165, 1.54) is 5.57 Å². The van der Waals surface area contributed by atoms with Crippen molar-refractivity contribution in [3.8, 4) is 17.9 Å². The number of thiazole rings is 1. The molecule has 29 heavy (non-hydrogen) atoms. The van der Waals surface area contributed by atoms with Gasteiger partial charge in [0.1, 0.15) is 11.5 Å². The monoisotopic (exact) mass is 416 g/mol. The summed E-state index contributed by atoms with van der Waals surface area (Å²) in [4.78, 5) is 6.87. The summed E-state index contributed by atoms with van der Waals surface area (Å²) in [6.07, 6.45) is 6.23. The summed E-state index contributed by atoms with van der Waals surface area (Å²) in [6, 6.07) is 9.52. The number of fused-ring (bicyclic) bond motifs is 1. The molecule has 0 aliphatic carbocycles. The predicted molar refractivity (Wildman–Crippen MR) is 123 cm³/mol. The second kappa shape index (κ2) is 7.83. The number of aromatic nitrogens is 2. The van der Waals surface area contributed by atoms with Gasteiger partial charge in [0, 0.05) is 28.4 Å². The van der Waals surface area contributed by atoms with Crippen molar-refractivity contribution in [3.63, 3.8) is 0 Å². The van der Waals surface area contributed by atoms with Crippen molar-refractivity contribution in [2.24, 2.45) is 0 Å². The third-order valence-electron chi connectivity index (χ3n) is 4.20. The van der Waals surface area contributed by atoms with Crippen molar-refractivity contribution in [2.75, 3.05) is 11.1 Å². The molecule has 0 bridgehead atoms. The van der Waals surface area contributed by atoms with E-state index in [4.69, 9.17) is 10.2 Å². The Hall–Kier alpha value is -2.93. The van der Waals surface area contributed by atoms with Crippen LogP contribution >= 0.6 is 23.1 Å².